The summed E-state index contributed by atoms with van der Waals surface area (Å²) in [6, 6.07) is 16.4. The molecule has 22 heavy (non-hydrogen) atoms. The first-order valence-corrected chi connectivity index (χ1v) is 7.80. The van der Waals surface area contributed by atoms with E-state index in [0.29, 0.717) is 6.54 Å². The van der Waals surface area contributed by atoms with Gasteiger partial charge in [-0.1, -0.05) is 34.1 Å². The zero-order chi connectivity index (χ0) is 14.9. The van der Waals surface area contributed by atoms with Gasteiger partial charge in [-0.05, 0) is 35.7 Å². The number of hydrogen-bond acceptors (Lipinski definition) is 3. The van der Waals surface area contributed by atoms with E-state index in [0.717, 1.165) is 32.4 Å². The molecule has 0 radical (unpaired) electrons. The summed E-state index contributed by atoms with van der Waals surface area (Å²) in [5.74, 6) is 0.838. The highest BCUT2D eigenvalue weighted by molar-refractivity contribution is 9.10. The summed E-state index contributed by atoms with van der Waals surface area (Å²) in [6.07, 6.45) is 1.59. The van der Waals surface area contributed by atoms with Crippen molar-refractivity contribution in [3.63, 3.8) is 0 Å². The smallest absolute Gasteiger partial charge is 0.137 e. The second-order valence-corrected chi connectivity index (χ2v) is 6.03. The lowest BCUT2D eigenvalue weighted by Gasteiger charge is -2.07. The topological polar surface area (TPSA) is 53.6 Å². The van der Waals surface area contributed by atoms with E-state index in [2.05, 4.69) is 54.4 Å². The van der Waals surface area contributed by atoms with Crippen LogP contribution >= 0.6 is 15.9 Å². The number of fused-ring (bicyclic) bond motifs is 2. The molecule has 0 saturated carbocycles. The van der Waals surface area contributed by atoms with Crippen LogP contribution in [-0.4, -0.2) is 15.0 Å². The van der Waals surface area contributed by atoms with E-state index >= 15 is 0 Å². The Morgan fingerprint density at radius 3 is 2.86 bits per heavy atom. The van der Waals surface area contributed by atoms with Crippen molar-refractivity contribution in [2.24, 2.45) is 0 Å². The molecule has 0 aliphatic heterocycles. The minimum absolute atomic E-state index is 0.688. The van der Waals surface area contributed by atoms with Gasteiger partial charge < -0.3 is 10.3 Å². The maximum atomic E-state index is 4.36. The molecule has 0 fully saturated rings. The molecule has 2 aromatic heterocycles. The van der Waals surface area contributed by atoms with Crippen LogP contribution in [0, 0.1) is 0 Å². The van der Waals surface area contributed by atoms with Gasteiger partial charge in [-0.15, -0.1) is 0 Å². The standard InChI is InChI=1S/C17H13BrN4/c18-12-5-6-16-14(8-12)17(21-10-20-16)19-9-13-7-11-3-1-2-4-15(11)22-13/h1-8,10,22H,9H2,(H,19,20,21). The SMILES string of the molecule is Brc1ccc2ncnc(NCc3cc4ccccc4[nH]3)c2c1. The molecule has 5 heteroatoms. The molecule has 0 aliphatic carbocycles. The largest absolute Gasteiger partial charge is 0.364 e. The number of anilines is 1. The van der Waals surface area contributed by atoms with Crippen LogP contribution in [0.15, 0.2) is 59.3 Å². The summed E-state index contributed by atoms with van der Waals surface area (Å²) in [6.45, 7) is 0.688. The van der Waals surface area contributed by atoms with Gasteiger partial charge >= 0.3 is 0 Å². The Kier molecular flexibility index (Phi) is 3.27. The Hall–Kier alpha value is -2.40. The number of nitrogens with zero attached hydrogens (tertiary/aromatic N) is 2. The molecule has 0 unspecified atom stereocenters. The summed E-state index contributed by atoms with van der Waals surface area (Å²) in [7, 11) is 0. The zero-order valence-corrected chi connectivity index (χ0v) is 13.3. The molecule has 4 aromatic rings. The number of para-hydroxylation sites is 1. The van der Waals surface area contributed by atoms with Gasteiger partial charge in [-0.3, -0.25) is 0 Å². The molecule has 2 N–H and O–H groups in total. The number of H-pyrrole nitrogens is 1. The molecule has 0 saturated heterocycles. The molecule has 4 rings (SSSR count). The van der Waals surface area contributed by atoms with E-state index in [1.807, 2.05) is 30.3 Å². The van der Waals surface area contributed by atoms with Gasteiger partial charge in [-0.2, -0.15) is 0 Å². The molecule has 0 atom stereocenters. The quantitative estimate of drug-likeness (QED) is 0.571. The molecule has 2 aromatic carbocycles. The Labute approximate surface area is 135 Å². The van der Waals surface area contributed by atoms with Gasteiger partial charge in [0.15, 0.2) is 0 Å². The number of nitrogens with one attached hydrogen (secondary N) is 2. The van der Waals surface area contributed by atoms with Crippen molar-refractivity contribution in [3.05, 3.63) is 65.0 Å². The predicted octanol–water partition coefficient (Wildman–Crippen LogP) is 4.49. The second kappa shape index (κ2) is 5.42. The molecule has 0 aliphatic rings. The first-order valence-electron chi connectivity index (χ1n) is 7.00. The van der Waals surface area contributed by atoms with Crippen LogP contribution in [0.3, 0.4) is 0 Å². The molecule has 108 valence electrons. The maximum Gasteiger partial charge on any atom is 0.137 e. The molecular weight excluding hydrogens is 340 g/mol. The van der Waals surface area contributed by atoms with E-state index in [1.165, 1.54) is 5.39 Å². The number of hydrogen-bond donors (Lipinski definition) is 2. The van der Waals surface area contributed by atoms with E-state index in [9.17, 15) is 0 Å². The third-order valence-electron chi connectivity index (χ3n) is 3.63. The number of aromatic amines is 1. The molecule has 2 heterocycles. The number of benzene rings is 2. The lowest BCUT2D eigenvalue weighted by atomic mass is 10.2. The van der Waals surface area contributed by atoms with Crippen molar-refractivity contribution in [1.82, 2.24) is 15.0 Å². The maximum absolute atomic E-state index is 4.36. The van der Waals surface area contributed by atoms with Gasteiger partial charge in [-0.25, -0.2) is 9.97 Å². The summed E-state index contributed by atoms with van der Waals surface area (Å²) < 4.78 is 1.02. The van der Waals surface area contributed by atoms with Crippen LogP contribution in [0.2, 0.25) is 0 Å². The van der Waals surface area contributed by atoms with Crippen molar-refractivity contribution in [2.75, 3.05) is 5.32 Å². The zero-order valence-electron chi connectivity index (χ0n) is 11.7. The van der Waals surface area contributed by atoms with Gasteiger partial charge in [0.1, 0.15) is 12.1 Å². The monoisotopic (exact) mass is 352 g/mol. The summed E-state index contributed by atoms with van der Waals surface area (Å²) >= 11 is 3.50. The number of halogens is 1. The van der Waals surface area contributed by atoms with Gasteiger partial charge in [0.25, 0.3) is 0 Å². The minimum Gasteiger partial charge on any atom is -0.364 e. The second-order valence-electron chi connectivity index (χ2n) is 5.12. The summed E-state index contributed by atoms with van der Waals surface area (Å²) in [5.41, 5.74) is 3.20. The Morgan fingerprint density at radius 2 is 1.95 bits per heavy atom. The summed E-state index contributed by atoms with van der Waals surface area (Å²) in [5, 5.41) is 5.61. The van der Waals surface area contributed by atoms with Crippen molar-refractivity contribution in [1.29, 1.82) is 0 Å². The molecular formula is C17H13BrN4. The average Bonchev–Trinajstić information content (AvgIpc) is 2.95. The fourth-order valence-electron chi connectivity index (χ4n) is 2.58. The van der Waals surface area contributed by atoms with Gasteiger partial charge in [0.2, 0.25) is 0 Å². The fraction of sp³-hybridized carbons (Fsp3) is 0.0588. The third-order valence-corrected chi connectivity index (χ3v) is 4.12. The van der Waals surface area contributed by atoms with Crippen molar-refractivity contribution in [3.8, 4) is 0 Å². The Bertz CT molecular complexity index is 928. The highest BCUT2D eigenvalue weighted by Crippen LogP contribution is 2.24. The van der Waals surface area contributed by atoms with Crippen molar-refractivity contribution < 1.29 is 0 Å². The number of aromatic nitrogens is 3. The van der Waals surface area contributed by atoms with Gasteiger partial charge in [0.05, 0.1) is 12.1 Å². The molecule has 4 nitrogen and oxygen atoms in total. The first-order chi connectivity index (χ1) is 10.8. The van der Waals surface area contributed by atoms with Crippen LogP contribution in [-0.2, 0) is 6.54 Å². The van der Waals surface area contributed by atoms with Crippen molar-refractivity contribution >= 4 is 43.6 Å². The normalized spacial score (nSPS) is 11.1. The van der Waals surface area contributed by atoms with Crippen LogP contribution in [0.5, 0.6) is 0 Å². The lowest BCUT2D eigenvalue weighted by Crippen LogP contribution is -2.02. The van der Waals surface area contributed by atoms with Crippen LogP contribution in [0.25, 0.3) is 21.8 Å². The Balaban J connectivity index is 1.64. The third kappa shape index (κ3) is 2.44. The van der Waals surface area contributed by atoms with E-state index < -0.39 is 0 Å². The fourth-order valence-corrected chi connectivity index (χ4v) is 2.94. The first kappa shape index (κ1) is 13.3. The predicted molar refractivity (Wildman–Crippen MR) is 92.9 cm³/mol. The van der Waals surface area contributed by atoms with Gasteiger partial charge in [0, 0.05) is 21.1 Å². The van der Waals surface area contributed by atoms with Crippen molar-refractivity contribution in [2.45, 2.75) is 6.54 Å². The highest BCUT2D eigenvalue weighted by Gasteiger charge is 2.05. The van der Waals surface area contributed by atoms with Crippen LogP contribution < -0.4 is 5.32 Å². The molecule has 0 amide bonds. The lowest BCUT2D eigenvalue weighted by molar-refractivity contribution is 1.06. The van der Waals surface area contributed by atoms with E-state index in [-0.39, 0.29) is 0 Å². The van der Waals surface area contributed by atoms with E-state index in [1.54, 1.807) is 6.33 Å². The highest BCUT2D eigenvalue weighted by atomic mass is 79.9. The number of rotatable bonds is 3. The minimum atomic E-state index is 0.688. The summed E-state index contributed by atoms with van der Waals surface area (Å²) in [4.78, 5) is 12.1. The van der Waals surface area contributed by atoms with E-state index in [4.69, 9.17) is 0 Å². The molecule has 0 spiro atoms. The average molecular weight is 353 g/mol. The van der Waals surface area contributed by atoms with Crippen LogP contribution in [0.1, 0.15) is 5.69 Å². The Morgan fingerprint density at radius 1 is 1.05 bits per heavy atom. The molecule has 0 bridgehead atoms. The van der Waals surface area contributed by atoms with Crippen LogP contribution in [0.4, 0.5) is 5.82 Å².